The van der Waals surface area contributed by atoms with Crippen molar-refractivity contribution in [2.24, 2.45) is 0 Å². The van der Waals surface area contributed by atoms with Gasteiger partial charge in [-0.2, -0.15) is 0 Å². The summed E-state index contributed by atoms with van der Waals surface area (Å²) in [5, 5.41) is 7.84. The summed E-state index contributed by atoms with van der Waals surface area (Å²) in [6.07, 6.45) is 1.10. The van der Waals surface area contributed by atoms with Gasteiger partial charge in [0, 0.05) is 20.1 Å². The number of benzene rings is 1. The Morgan fingerprint density at radius 2 is 2.12 bits per heavy atom. The quantitative estimate of drug-likeness (QED) is 0.787. The molecule has 0 spiro atoms. The summed E-state index contributed by atoms with van der Waals surface area (Å²) in [7, 11) is 1.65. The largest absolute Gasteiger partial charge is 0.444 e. The lowest BCUT2D eigenvalue weighted by atomic mass is 10.2. The van der Waals surface area contributed by atoms with Crippen molar-refractivity contribution >= 4 is 22.0 Å². The van der Waals surface area contributed by atoms with Crippen LogP contribution in [0.15, 0.2) is 29.0 Å². The highest BCUT2D eigenvalue weighted by atomic mass is 79.9. The fourth-order valence-corrected chi connectivity index (χ4v) is 2.36. The molecule has 0 aliphatic heterocycles. The maximum Gasteiger partial charge on any atom is 0.410 e. The van der Waals surface area contributed by atoms with Crippen molar-refractivity contribution < 1.29 is 13.9 Å². The van der Waals surface area contributed by atoms with Gasteiger partial charge in [-0.05, 0) is 48.8 Å². The Morgan fingerprint density at radius 1 is 1.42 bits per heavy atom. The van der Waals surface area contributed by atoms with E-state index in [1.165, 1.54) is 11.2 Å². The molecule has 0 bridgehead atoms. The lowest BCUT2D eigenvalue weighted by Crippen LogP contribution is -2.35. The topological polar surface area (TPSA) is 60.2 Å². The predicted molar refractivity (Wildman–Crippen MR) is 92.0 cm³/mol. The number of nitrogens with zero attached hydrogens (tertiary/aromatic N) is 4. The molecular formula is C16H20BrFN4O2. The van der Waals surface area contributed by atoms with Gasteiger partial charge in [0.05, 0.1) is 10.0 Å². The highest BCUT2D eigenvalue weighted by molar-refractivity contribution is 9.10. The predicted octanol–water partition coefficient (Wildman–Crippen LogP) is 3.71. The van der Waals surface area contributed by atoms with Crippen LogP contribution in [0.25, 0.3) is 11.4 Å². The number of rotatable bonds is 4. The van der Waals surface area contributed by atoms with Crippen LogP contribution in [0.5, 0.6) is 0 Å². The molecule has 0 fully saturated rings. The first-order valence-electron chi connectivity index (χ1n) is 7.45. The second-order valence-corrected chi connectivity index (χ2v) is 7.21. The molecule has 0 unspecified atom stereocenters. The SMILES string of the molecule is CN(CCn1cnnc1-c1cccc(Br)c1F)C(=O)OC(C)(C)C. The normalized spacial score (nSPS) is 11.4. The zero-order valence-electron chi connectivity index (χ0n) is 14.1. The highest BCUT2D eigenvalue weighted by Crippen LogP contribution is 2.26. The van der Waals surface area contributed by atoms with Crippen molar-refractivity contribution in [2.75, 3.05) is 13.6 Å². The van der Waals surface area contributed by atoms with Crippen LogP contribution in [0.3, 0.4) is 0 Å². The van der Waals surface area contributed by atoms with E-state index < -0.39 is 17.5 Å². The molecule has 1 aromatic heterocycles. The number of aromatic nitrogens is 3. The van der Waals surface area contributed by atoms with Gasteiger partial charge >= 0.3 is 6.09 Å². The van der Waals surface area contributed by atoms with Gasteiger partial charge in [-0.25, -0.2) is 9.18 Å². The zero-order valence-corrected chi connectivity index (χ0v) is 15.7. The van der Waals surface area contributed by atoms with Gasteiger partial charge in [0.25, 0.3) is 0 Å². The molecule has 1 aromatic carbocycles. The van der Waals surface area contributed by atoms with Crippen molar-refractivity contribution in [3.63, 3.8) is 0 Å². The van der Waals surface area contributed by atoms with E-state index >= 15 is 0 Å². The lowest BCUT2D eigenvalue weighted by Gasteiger charge is -2.24. The summed E-state index contributed by atoms with van der Waals surface area (Å²) in [6, 6.07) is 4.99. The molecule has 24 heavy (non-hydrogen) atoms. The molecule has 6 nitrogen and oxygen atoms in total. The molecule has 0 saturated carbocycles. The van der Waals surface area contributed by atoms with Crippen LogP contribution in [0, 0.1) is 5.82 Å². The highest BCUT2D eigenvalue weighted by Gasteiger charge is 2.20. The third-order valence-corrected chi connectivity index (χ3v) is 3.80. The number of carbonyl (C=O) groups excluding carboxylic acids is 1. The minimum absolute atomic E-state index is 0.349. The van der Waals surface area contributed by atoms with Crippen molar-refractivity contribution in [2.45, 2.75) is 32.9 Å². The Hall–Kier alpha value is -1.96. The summed E-state index contributed by atoms with van der Waals surface area (Å²) in [5.74, 6) is 0.0126. The fraction of sp³-hybridized carbons (Fsp3) is 0.438. The first-order chi connectivity index (χ1) is 11.2. The summed E-state index contributed by atoms with van der Waals surface area (Å²) < 4.78 is 21.6. The third-order valence-electron chi connectivity index (χ3n) is 3.19. The monoisotopic (exact) mass is 398 g/mol. The van der Waals surface area contributed by atoms with Crippen LogP contribution < -0.4 is 0 Å². The third kappa shape index (κ3) is 4.53. The van der Waals surface area contributed by atoms with Crippen LogP contribution in [-0.2, 0) is 11.3 Å². The van der Waals surface area contributed by atoms with Gasteiger partial charge in [-0.1, -0.05) is 6.07 Å². The molecule has 0 saturated heterocycles. The van der Waals surface area contributed by atoms with E-state index in [2.05, 4.69) is 26.1 Å². The van der Waals surface area contributed by atoms with E-state index in [1.54, 1.807) is 29.8 Å². The van der Waals surface area contributed by atoms with Gasteiger partial charge in [0.15, 0.2) is 5.82 Å². The maximum atomic E-state index is 14.2. The second-order valence-electron chi connectivity index (χ2n) is 6.35. The van der Waals surface area contributed by atoms with E-state index in [4.69, 9.17) is 4.74 Å². The van der Waals surface area contributed by atoms with Crippen LogP contribution in [-0.4, -0.2) is 45.0 Å². The zero-order chi connectivity index (χ0) is 17.9. The van der Waals surface area contributed by atoms with Gasteiger partial charge in [-0.3, -0.25) is 0 Å². The lowest BCUT2D eigenvalue weighted by molar-refractivity contribution is 0.0293. The number of hydrogen-bond donors (Lipinski definition) is 0. The Kier molecular flexibility index (Phi) is 5.58. The van der Waals surface area contributed by atoms with Crippen LogP contribution in [0.2, 0.25) is 0 Å². The molecule has 2 rings (SSSR count). The number of carbonyl (C=O) groups is 1. The molecule has 0 aliphatic rings. The first kappa shape index (κ1) is 18.4. The average molecular weight is 399 g/mol. The summed E-state index contributed by atoms with van der Waals surface area (Å²) in [4.78, 5) is 13.4. The number of amides is 1. The van der Waals surface area contributed by atoms with Crippen LogP contribution >= 0.6 is 15.9 Å². The fourth-order valence-electron chi connectivity index (χ4n) is 1.99. The average Bonchev–Trinajstić information content (AvgIpc) is 2.94. The second kappa shape index (κ2) is 7.29. The van der Waals surface area contributed by atoms with Gasteiger partial charge < -0.3 is 14.2 Å². The van der Waals surface area contributed by atoms with Gasteiger partial charge in [0.2, 0.25) is 0 Å². The van der Waals surface area contributed by atoms with Crippen molar-refractivity contribution in [1.82, 2.24) is 19.7 Å². The molecule has 8 heteroatoms. The number of halogens is 2. The Labute approximate surface area is 148 Å². The van der Waals surface area contributed by atoms with E-state index in [9.17, 15) is 9.18 Å². The summed E-state index contributed by atoms with van der Waals surface area (Å²) >= 11 is 3.16. The molecule has 0 N–H and O–H groups in total. The molecule has 0 atom stereocenters. The molecular weight excluding hydrogens is 379 g/mol. The van der Waals surface area contributed by atoms with Crippen LogP contribution in [0.4, 0.5) is 9.18 Å². The number of likely N-dealkylation sites (N-methyl/N-ethyl adjacent to an activating group) is 1. The molecule has 0 aliphatic carbocycles. The standard InChI is InChI=1S/C16H20BrFN4O2/c1-16(2,3)24-15(23)21(4)8-9-22-10-19-20-14(22)11-6-5-7-12(17)13(11)18/h5-7,10H,8-9H2,1-4H3. The minimum Gasteiger partial charge on any atom is -0.444 e. The molecule has 1 heterocycles. The number of ether oxygens (including phenoxy) is 1. The molecule has 2 aromatic rings. The van der Waals surface area contributed by atoms with E-state index in [0.29, 0.717) is 29.0 Å². The van der Waals surface area contributed by atoms with Gasteiger partial charge in [-0.15, -0.1) is 10.2 Å². The van der Waals surface area contributed by atoms with E-state index in [0.717, 1.165) is 0 Å². The molecule has 130 valence electrons. The van der Waals surface area contributed by atoms with Crippen LogP contribution in [0.1, 0.15) is 20.8 Å². The van der Waals surface area contributed by atoms with E-state index in [1.807, 2.05) is 20.8 Å². The summed E-state index contributed by atoms with van der Waals surface area (Å²) in [5.41, 5.74) is -0.200. The minimum atomic E-state index is -0.549. The van der Waals surface area contributed by atoms with Crippen molar-refractivity contribution in [3.05, 3.63) is 34.8 Å². The smallest absolute Gasteiger partial charge is 0.410 e. The Balaban J connectivity index is 2.09. The first-order valence-corrected chi connectivity index (χ1v) is 8.24. The van der Waals surface area contributed by atoms with Crippen molar-refractivity contribution in [1.29, 1.82) is 0 Å². The molecule has 1 amide bonds. The maximum absolute atomic E-state index is 14.2. The van der Waals surface area contributed by atoms with Gasteiger partial charge in [0.1, 0.15) is 17.7 Å². The Bertz CT molecular complexity index is 727. The van der Waals surface area contributed by atoms with E-state index in [-0.39, 0.29) is 0 Å². The summed E-state index contributed by atoms with van der Waals surface area (Å²) in [6.45, 7) is 6.24. The number of hydrogen-bond acceptors (Lipinski definition) is 4. The molecule has 0 radical (unpaired) electrons. The van der Waals surface area contributed by atoms with Crippen molar-refractivity contribution in [3.8, 4) is 11.4 Å². The Morgan fingerprint density at radius 3 is 2.79 bits per heavy atom.